The quantitative estimate of drug-likeness (QED) is 0.508. The van der Waals surface area contributed by atoms with Gasteiger partial charge in [-0.05, 0) is 44.0 Å². The number of nitrogens with one attached hydrogen (secondary N) is 2. The van der Waals surface area contributed by atoms with Crippen molar-refractivity contribution in [1.29, 1.82) is 0 Å². The molecule has 2 aromatic heterocycles. The molecule has 4 aromatic rings. The highest BCUT2D eigenvalue weighted by atomic mass is 32.1. The maximum atomic E-state index is 12.6. The van der Waals surface area contributed by atoms with Gasteiger partial charge in [-0.2, -0.15) is 0 Å². The van der Waals surface area contributed by atoms with Crippen LogP contribution in [0.5, 0.6) is 0 Å². The van der Waals surface area contributed by atoms with Crippen LogP contribution in [0.1, 0.15) is 27.2 Å². The number of thiazole rings is 1. The van der Waals surface area contributed by atoms with E-state index in [1.54, 1.807) is 0 Å². The predicted molar refractivity (Wildman–Crippen MR) is 108 cm³/mol. The fraction of sp³-hybridized carbons (Fsp3) is 0.143. The Kier molecular flexibility index (Phi) is 4.09. The first kappa shape index (κ1) is 16.5. The number of aryl methyl sites for hydroxylation is 2. The molecule has 2 aromatic carbocycles. The fourth-order valence-corrected chi connectivity index (χ4v) is 3.91. The van der Waals surface area contributed by atoms with E-state index in [4.69, 9.17) is 0 Å². The molecule has 1 amide bonds. The van der Waals surface area contributed by atoms with Crippen LogP contribution < -0.4 is 5.32 Å². The Morgan fingerprint density at radius 3 is 2.73 bits per heavy atom. The molecule has 4 nitrogen and oxygen atoms in total. The summed E-state index contributed by atoms with van der Waals surface area (Å²) >= 11 is 1.44. The largest absolute Gasteiger partial charge is 0.358 e. The van der Waals surface area contributed by atoms with Gasteiger partial charge in [-0.3, -0.25) is 10.1 Å². The molecule has 0 aliphatic heterocycles. The van der Waals surface area contributed by atoms with Gasteiger partial charge in [0.15, 0.2) is 5.13 Å². The molecule has 0 aliphatic carbocycles. The third-order valence-corrected chi connectivity index (χ3v) is 5.48. The lowest BCUT2D eigenvalue weighted by atomic mass is 10.0. The van der Waals surface area contributed by atoms with Crippen molar-refractivity contribution in [1.82, 2.24) is 9.97 Å². The van der Waals surface area contributed by atoms with Crippen molar-refractivity contribution in [2.75, 3.05) is 5.32 Å². The zero-order valence-electron chi connectivity index (χ0n) is 14.9. The summed E-state index contributed by atoms with van der Waals surface area (Å²) in [6.07, 6.45) is 0. The first-order valence-electron chi connectivity index (χ1n) is 8.45. The zero-order chi connectivity index (χ0) is 18.3. The highest BCUT2D eigenvalue weighted by Crippen LogP contribution is 2.34. The van der Waals surface area contributed by atoms with Crippen molar-refractivity contribution in [3.05, 3.63) is 70.2 Å². The molecule has 5 heteroatoms. The number of carbonyl (C=O) groups is 1. The van der Waals surface area contributed by atoms with Gasteiger partial charge in [0, 0.05) is 33.1 Å². The fourth-order valence-electron chi connectivity index (χ4n) is 3.21. The van der Waals surface area contributed by atoms with Crippen molar-refractivity contribution < 1.29 is 4.79 Å². The highest BCUT2D eigenvalue weighted by Gasteiger charge is 2.16. The van der Waals surface area contributed by atoms with E-state index >= 15 is 0 Å². The summed E-state index contributed by atoms with van der Waals surface area (Å²) in [6, 6.07) is 13.9. The Bertz CT molecular complexity index is 1120. The van der Waals surface area contributed by atoms with Crippen LogP contribution >= 0.6 is 11.3 Å². The first-order valence-corrected chi connectivity index (χ1v) is 9.33. The van der Waals surface area contributed by atoms with Crippen molar-refractivity contribution in [3.63, 3.8) is 0 Å². The van der Waals surface area contributed by atoms with Crippen LogP contribution in [-0.2, 0) is 0 Å². The van der Waals surface area contributed by atoms with Crippen LogP contribution in [0.15, 0.2) is 47.8 Å². The Morgan fingerprint density at radius 2 is 1.88 bits per heavy atom. The van der Waals surface area contributed by atoms with E-state index in [0.29, 0.717) is 10.7 Å². The van der Waals surface area contributed by atoms with Crippen molar-refractivity contribution in [2.24, 2.45) is 0 Å². The number of aromatic nitrogens is 2. The third kappa shape index (κ3) is 2.80. The minimum atomic E-state index is -0.122. The van der Waals surface area contributed by atoms with E-state index in [1.807, 2.05) is 56.5 Å². The molecule has 0 saturated carbocycles. The molecule has 0 spiro atoms. The molecule has 130 valence electrons. The highest BCUT2D eigenvalue weighted by molar-refractivity contribution is 7.14. The number of fused-ring (bicyclic) bond motifs is 1. The second kappa shape index (κ2) is 6.42. The minimum Gasteiger partial charge on any atom is -0.358 e. The smallest absolute Gasteiger partial charge is 0.257 e. The second-order valence-corrected chi connectivity index (χ2v) is 7.27. The summed E-state index contributed by atoms with van der Waals surface area (Å²) in [6.45, 7) is 6.02. The number of amides is 1. The van der Waals surface area contributed by atoms with Crippen molar-refractivity contribution in [2.45, 2.75) is 20.8 Å². The average molecular weight is 361 g/mol. The molecule has 0 bridgehead atoms. The number of anilines is 1. The molecule has 0 aliphatic rings. The summed E-state index contributed by atoms with van der Waals surface area (Å²) in [5, 5.41) is 6.67. The summed E-state index contributed by atoms with van der Waals surface area (Å²) in [4.78, 5) is 20.7. The molecule has 2 N–H and O–H groups in total. The van der Waals surface area contributed by atoms with Crippen LogP contribution in [0.25, 0.3) is 22.2 Å². The maximum absolute atomic E-state index is 12.6. The third-order valence-electron chi connectivity index (χ3n) is 4.72. The Balaban J connectivity index is 1.65. The van der Waals surface area contributed by atoms with Crippen molar-refractivity contribution >= 4 is 33.3 Å². The molecule has 4 rings (SSSR count). The van der Waals surface area contributed by atoms with Crippen LogP contribution in [-0.4, -0.2) is 15.9 Å². The standard InChI is InChI=1S/C21H19N3OS/c1-12-7-6-9-15(13(12)2)20(25)24-21-23-18(11-26-21)19-14(3)22-17-10-5-4-8-16(17)19/h4-11,22H,1-3H3,(H,23,24,25). The van der Waals surface area contributed by atoms with Gasteiger partial charge in [0.1, 0.15) is 0 Å². The molecule has 0 saturated heterocycles. The zero-order valence-corrected chi connectivity index (χ0v) is 15.7. The number of para-hydroxylation sites is 1. The maximum Gasteiger partial charge on any atom is 0.257 e. The van der Waals surface area contributed by atoms with Crippen LogP contribution in [0.2, 0.25) is 0 Å². The van der Waals surface area contributed by atoms with Gasteiger partial charge in [0.05, 0.1) is 5.69 Å². The summed E-state index contributed by atoms with van der Waals surface area (Å²) in [5.41, 5.74) is 6.91. The van der Waals surface area contributed by atoms with E-state index in [2.05, 4.69) is 27.4 Å². The van der Waals surface area contributed by atoms with Crippen molar-refractivity contribution in [3.8, 4) is 11.3 Å². The number of aromatic amines is 1. The molecule has 2 heterocycles. The lowest BCUT2D eigenvalue weighted by molar-refractivity contribution is 0.102. The first-order chi connectivity index (χ1) is 12.5. The number of benzene rings is 2. The number of carbonyl (C=O) groups excluding carboxylic acids is 1. The van der Waals surface area contributed by atoms with Gasteiger partial charge in [-0.25, -0.2) is 4.98 Å². The lowest BCUT2D eigenvalue weighted by Crippen LogP contribution is -2.13. The number of rotatable bonds is 3. The number of hydrogen-bond acceptors (Lipinski definition) is 3. The Hall–Kier alpha value is -2.92. The normalized spacial score (nSPS) is 11.0. The average Bonchev–Trinajstić information content (AvgIpc) is 3.20. The second-order valence-electron chi connectivity index (χ2n) is 6.41. The van der Waals surface area contributed by atoms with E-state index in [0.717, 1.165) is 39.0 Å². The molecule has 0 atom stereocenters. The Morgan fingerprint density at radius 1 is 1.08 bits per heavy atom. The molecular formula is C21H19N3OS. The number of nitrogens with zero attached hydrogens (tertiary/aromatic N) is 1. The summed E-state index contributed by atoms with van der Waals surface area (Å²) < 4.78 is 0. The van der Waals surface area contributed by atoms with Crippen LogP contribution in [0.4, 0.5) is 5.13 Å². The van der Waals surface area contributed by atoms with Gasteiger partial charge < -0.3 is 4.98 Å². The van der Waals surface area contributed by atoms with Gasteiger partial charge in [0.25, 0.3) is 5.91 Å². The van der Waals surface area contributed by atoms with E-state index in [1.165, 1.54) is 11.3 Å². The van der Waals surface area contributed by atoms with Crippen LogP contribution in [0, 0.1) is 20.8 Å². The molecular weight excluding hydrogens is 342 g/mol. The van der Waals surface area contributed by atoms with Gasteiger partial charge in [0.2, 0.25) is 0 Å². The lowest BCUT2D eigenvalue weighted by Gasteiger charge is -2.07. The summed E-state index contributed by atoms with van der Waals surface area (Å²) in [5.74, 6) is -0.122. The SMILES string of the molecule is Cc1cccc(C(=O)Nc2nc(-c3c(C)[nH]c4ccccc34)cs2)c1C. The van der Waals surface area contributed by atoms with Gasteiger partial charge in [-0.15, -0.1) is 11.3 Å². The monoisotopic (exact) mass is 361 g/mol. The van der Waals surface area contributed by atoms with Crippen LogP contribution in [0.3, 0.4) is 0 Å². The van der Waals surface area contributed by atoms with E-state index in [9.17, 15) is 4.79 Å². The van der Waals surface area contributed by atoms with Gasteiger partial charge >= 0.3 is 0 Å². The van der Waals surface area contributed by atoms with E-state index in [-0.39, 0.29) is 5.91 Å². The number of H-pyrrole nitrogens is 1. The predicted octanol–water partition coefficient (Wildman–Crippen LogP) is 5.47. The summed E-state index contributed by atoms with van der Waals surface area (Å²) in [7, 11) is 0. The topological polar surface area (TPSA) is 57.8 Å². The molecule has 0 unspecified atom stereocenters. The van der Waals surface area contributed by atoms with Gasteiger partial charge in [-0.1, -0.05) is 30.3 Å². The van der Waals surface area contributed by atoms with E-state index < -0.39 is 0 Å². The number of hydrogen-bond donors (Lipinski definition) is 2. The molecule has 26 heavy (non-hydrogen) atoms. The molecule has 0 fully saturated rings. The minimum absolute atomic E-state index is 0.122. The molecule has 0 radical (unpaired) electrons. The Labute approximate surface area is 155 Å².